The van der Waals surface area contributed by atoms with E-state index in [4.69, 9.17) is 14.9 Å². The lowest BCUT2D eigenvalue weighted by Gasteiger charge is -2.19. The predicted molar refractivity (Wildman–Crippen MR) is 104 cm³/mol. The molecule has 0 heterocycles. The highest BCUT2D eigenvalue weighted by Crippen LogP contribution is 2.17. The van der Waals surface area contributed by atoms with E-state index in [0.717, 1.165) is 50.5 Å². The Balaban J connectivity index is 2.12. The minimum Gasteiger partial charge on any atom is -0.346 e. The first-order chi connectivity index (χ1) is 12.6. The summed E-state index contributed by atoms with van der Waals surface area (Å²) in [6, 6.07) is 6.76. The SMILES string of the molecule is CCCCCCCCCC(CCCCCc1cccc(F)c1)OC(O)O. The molecule has 150 valence electrons. The molecule has 0 radical (unpaired) electrons. The topological polar surface area (TPSA) is 49.7 Å². The van der Waals surface area contributed by atoms with Crippen LogP contribution in [0.3, 0.4) is 0 Å². The molecule has 0 bridgehead atoms. The Hall–Kier alpha value is -0.970. The van der Waals surface area contributed by atoms with Crippen LogP contribution in [0.15, 0.2) is 24.3 Å². The summed E-state index contributed by atoms with van der Waals surface area (Å²) >= 11 is 0. The summed E-state index contributed by atoms with van der Waals surface area (Å²) in [6.45, 7) is 0.539. The first kappa shape index (κ1) is 23.1. The van der Waals surface area contributed by atoms with Gasteiger partial charge in [0.25, 0.3) is 6.48 Å². The van der Waals surface area contributed by atoms with E-state index in [1.165, 1.54) is 44.6 Å². The molecule has 0 aromatic heterocycles. The van der Waals surface area contributed by atoms with Gasteiger partial charge >= 0.3 is 0 Å². The molecule has 1 unspecified atom stereocenters. The van der Waals surface area contributed by atoms with Gasteiger partial charge in [-0.15, -0.1) is 0 Å². The Bertz CT molecular complexity index is 451. The molecule has 4 heteroatoms. The molecule has 1 aromatic carbocycles. The maximum absolute atomic E-state index is 13.1. The number of rotatable bonds is 16. The van der Waals surface area contributed by atoms with Crippen molar-refractivity contribution in [2.75, 3.05) is 0 Å². The number of aryl methyl sites for hydroxylation is 1. The second-order valence-corrected chi connectivity index (χ2v) is 7.22. The van der Waals surface area contributed by atoms with Crippen LogP contribution in [-0.2, 0) is 11.2 Å². The van der Waals surface area contributed by atoms with Gasteiger partial charge in [0.05, 0.1) is 6.10 Å². The van der Waals surface area contributed by atoms with E-state index in [2.05, 4.69) is 6.92 Å². The largest absolute Gasteiger partial charge is 0.346 e. The number of hydrogen-bond acceptors (Lipinski definition) is 3. The summed E-state index contributed by atoms with van der Waals surface area (Å²) in [5, 5.41) is 18.2. The molecule has 26 heavy (non-hydrogen) atoms. The molecule has 1 aromatic rings. The smallest absolute Gasteiger partial charge is 0.266 e. The minimum absolute atomic E-state index is 0.0835. The van der Waals surface area contributed by atoms with Crippen LogP contribution in [0.25, 0.3) is 0 Å². The van der Waals surface area contributed by atoms with Gasteiger partial charge in [-0.2, -0.15) is 0 Å². The molecule has 0 amide bonds. The lowest BCUT2D eigenvalue weighted by Crippen LogP contribution is -2.21. The van der Waals surface area contributed by atoms with Crippen molar-refractivity contribution in [3.8, 4) is 0 Å². The molecule has 0 spiro atoms. The zero-order valence-electron chi connectivity index (χ0n) is 16.3. The van der Waals surface area contributed by atoms with Gasteiger partial charge in [0, 0.05) is 0 Å². The van der Waals surface area contributed by atoms with Crippen LogP contribution in [0.1, 0.15) is 89.5 Å². The number of ether oxygens (including phenoxy) is 1. The first-order valence-electron chi connectivity index (χ1n) is 10.4. The Kier molecular flexibility index (Phi) is 13.4. The van der Waals surface area contributed by atoms with Crippen molar-refractivity contribution in [3.05, 3.63) is 35.6 Å². The molecule has 3 nitrogen and oxygen atoms in total. The van der Waals surface area contributed by atoms with Gasteiger partial charge in [0.2, 0.25) is 0 Å². The van der Waals surface area contributed by atoms with Crippen molar-refractivity contribution >= 4 is 0 Å². The van der Waals surface area contributed by atoms with Gasteiger partial charge in [-0.05, 0) is 43.4 Å². The quantitative estimate of drug-likeness (QED) is 0.290. The molecular formula is C22H37FO3. The van der Waals surface area contributed by atoms with Crippen LogP contribution in [-0.4, -0.2) is 22.8 Å². The van der Waals surface area contributed by atoms with E-state index in [9.17, 15) is 4.39 Å². The summed E-state index contributed by atoms with van der Waals surface area (Å²) in [7, 11) is 0. The van der Waals surface area contributed by atoms with Gasteiger partial charge in [-0.3, -0.25) is 0 Å². The lowest BCUT2D eigenvalue weighted by atomic mass is 10.0. The summed E-state index contributed by atoms with van der Waals surface area (Å²) in [5.74, 6) is -0.178. The number of benzene rings is 1. The van der Waals surface area contributed by atoms with Crippen molar-refractivity contribution in [2.45, 2.75) is 103 Å². The number of hydrogen-bond donors (Lipinski definition) is 2. The second kappa shape index (κ2) is 15.1. The number of halogens is 1. The molecule has 1 atom stereocenters. The van der Waals surface area contributed by atoms with Crippen LogP contribution in [0.4, 0.5) is 4.39 Å². The molecular weight excluding hydrogens is 331 g/mol. The third-order valence-corrected chi connectivity index (χ3v) is 4.82. The Morgan fingerprint density at radius 2 is 1.50 bits per heavy atom. The Labute approximate surface area is 158 Å². The molecule has 0 saturated carbocycles. The van der Waals surface area contributed by atoms with E-state index in [1.54, 1.807) is 12.1 Å². The molecule has 0 aliphatic heterocycles. The number of aliphatic hydroxyl groups is 2. The van der Waals surface area contributed by atoms with E-state index < -0.39 is 6.48 Å². The molecule has 0 aliphatic rings. The van der Waals surface area contributed by atoms with Crippen molar-refractivity contribution < 1.29 is 19.3 Å². The fraction of sp³-hybridized carbons (Fsp3) is 0.727. The van der Waals surface area contributed by atoms with E-state index in [0.29, 0.717) is 0 Å². The summed E-state index contributed by atoms with van der Waals surface area (Å²) in [4.78, 5) is 0. The fourth-order valence-electron chi connectivity index (χ4n) is 3.35. The van der Waals surface area contributed by atoms with E-state index in [-0.39, 0.29) is 11.9 Å². The molecule has 2 N–H and O–H groups in total. The van der Waals surface area contributed by atoms with Crippen LogP contribution >= 0.6 is 0 Å². The highest BCUT2D eigenvalue weighted by molar-refractivity contribution is 5.16. The van der Waals surface area contributed by atoms with E-state index in [1.807, 2.05) is 6.07 Å². The lowest BCUT2D eigenvalue weighted by molar-refractivity contribution is -0.257. The third-order valence-electron chi connectivity index (χ3n) is 4.82. The first-order valence-corrected chi connectivity index (χ1v) is 10.4. The maximum atomic E-state index is 13.1. The average Bonchev–Trinajstić information content (AvgIpc) is 2.60. The molecule has 0 fully saturated rings. The van der Waals surface area contributed by atoms with Crippen LogP contribution in [0.2, 0.25) is 0 Å². The average molecular weight is 369 g/mol. The predicted octanol–water partition coefficient (Wildman–Crippen LogP) is 5.72. The normalized spacial score (nSPS) is 12.7. The summed E-state index contributed by atoms with van der Waals surface area (Å²) < 4.78 is 18.4. The third kappa shape index (κ3) is 12.4. The summed E-state index contributed by atoms with van der Waals surface area (Å²) in [5.41, 5.74) is 1.03. The monoisotopic (exact) mass is 368 g/mol. The summed E-state index contributed by atoms with van der Waals surface area (Å²) in [6.07, 6.45) is 14.3. The standard InChI is InChI=1S/C22H37FO3/c1-2-3-4-5-6-7-10-16-21(26-22(24)25)17-11-8-9-13-19-14-12-15-20(23)18-19/h12,14-15,18,21-22,24-25H,2-11,13,16-17H2,1H3. The molecule has 1 rings (SSSR count). The van der Waals surface area contributed by atoms with Crippen molar-refractivity contribution in [3.63, 3.8) is 0 Å². The zero-order chi connectivity index (χ0) is 19.0. The molecule has 0 saturated heterocycles. The molecule has 0 aliphatic carbocycles. The van der Waals surface area contributed by atoms with Gasteiger partial charge < -0.3 is 14.9 Å². The fourth-order valence-corrected chi connectivity index (χ4v) is 3.35. The second-order valence-electron chi connectivity index (χ2n) is 7.22. The number of aliphatic hydroxyl groups excluding tert-OH is 1. The Morgan fingerprint density at radius 3 is 2.12 bits per heavy atom. The highest BCUT2D eigenvalue weighted by atomic mass is 19.1. The van der Waals surface area contributed by atoms with Gasteiger partial charge in [-0.1, -0.05) is 76.8 Å². The number of unbranched alkanes of at least 4 members (excludes halogenated alkanes) is 8. The zero-order valence-corrected chi connectivity index (χ0v) is 16.3. The van der Waals surface area contributed by atoms with Crippen molar-refractivity contribution in [1.82, 2.24) is 0 Å². The van der Waals surface area contributed by atoms with Gasteiger partial charge in [-0.25, -0.2) is 4.39 Å². The van der Waals surface area contributed by atoms with Crippen LogP contribution in [0, 0.1) is 5.82 Å². The Morgan fingerprint density at radius 1 is 0.885 bits per heavy atom. The highest BCUT2D eigenvalue weighted by Gasteiger charge is 2.12. The van der Waals surface area contributed by atoms with E-state index >= 15 is 0 Å². The van der Waals surface area contributed by atoms with Gasteiger partial charge in [0.1, 0.15) is 5.82 Å². The minimum atomic E-state index is -1.68. The van der Waals surface area contributed by atoms with Crippen LogP contribution in [0.5, 0.6) is 0 Å². The van der Waals surface area contributed by atoms with Crippen LogP contribution < -0.4 is 0 Å². The maximum Gasteiger partial charge on any atom is 0.266 e. The van der Waals surface area contributed by atoms with Gasteiger partial charge in [0.15, 0.2) is 0 Å². The van der Waals surface area contributed by atoms with Crippen molar-refractivity contribution in [2.24, 2.45) is 0 Å². The van der Waals surface area contributed by atoms with Crippen molar-refractivity contribution in [1.29, 1.82) is 0 Å².